The molecular weight excluding hydrogens is 306 g/mol. The lowest BCUT2D eigenvalue weighted by Gasteiger charge is -2.26. The quantitative estimate of drug-likeness (QED) is 0.809. The molecule has 0 aromatic heterocycles. The van der Waals surface area contributed by atoms with Crippen LogP contribution in [0.25, 0.3) is 0 Å². The number of hydrogen-bond acceptors (Lipinski definition) is 4. The van der Waals surface area contributed by atoms with Crippen LogP contribution in [-0.2, 0) is 15.3 Å². The van der Waals surface area contributed by atoms with Crippen molar-refractivity contribution in [3.63, 3.8) is 0 Å². The van der Waals surface area contributed by atoms with Crippen molar-refractivity contribution in [3.05, 3.63) is 34.9 Å². The van der Waals surface area contributed by atoms with E-state index in [4.69, 9.17) is 16.3 Å². The Morgan fingerprint density at radius 2 is 2.19 bits per heavy atom. The molecule has 0 radical (unpaired) electrons. The van der Waals surface area contributed by atoms with Gasteiger partial charge in [0.2, 0.25) is 0 Å². The Morgan fingerprint density at radius 1 is 1.48 bits per heavy atom. The zero-order chi connectivity index (χ0) is 15.3. The van der Waals surface area contributed by atoms with Gasteiger partial charge in [-0.15, -0.1) is 0 Å². The summed E-state index contributed by atoms with van der Waals surface area (Å²) < 4.78 is 5.22. The SMILES string of the molecule is CCOC(=O)C1(NC)CCC(SCc2ccc(Cl)cc2)C1. The number of nitrogens with one attached hydrogen (secondary N) is 1. The first-order valence-corrected chi connectivity index (χ1v) is 8.74. The molecule has 5 heteroatoms. The van der Waals surface area contributed by atoms with Crippen molar-refractivity contribution in [2.45, 2.75) is 42.7 Å². The van der Waals surface area contributed by atoms with E-state index in [0.717, 1.165) is 30.0 Å². The molecule has 3 nitrogen and oxygen atoms in total. The van der Waals surface area contributed by atoms with Gasteiger partial charge in [-0.2, -0.15) is 11.8 Å². The molecule has 0 aliphatic heterocycles. The van der Waals surface area contributed by atoms with Crippen LogP contribution in [0, 0.1) is 0 Å². The molecule has 0 saturated heterocycles. The van der Waals surface area contributed by atoms with Crippen molar-refractivity contribution in [1.29, 1.82) is 0 Å². The van der Waals surface area contributed by atoms with Gasteiger partial charge in [0, 0.05) is 16.0 Å². The molecule has 2 rings (SSSR count). The van der Waals surface area contributed by atoms with Gasteiger partial charge in [-0.05, 0) is 50.9 Å². The Bertz CT molecular complexity index is 480. The summed E-state index contributed by atoms with van der Waals surface area (Å²) >= 11 is 7.80. The Kier molecular flexibility index (Phi) is 5.97. The van der Waals surface area contributed by atoms with Crippen LogP contribution in [-0.4, -0.2) is 30.4 Å². The maximum absolute atomic E-state index is 12.1. The Morgan fingerprint density at radius 3 is 2.81 bits per heavy atom. The van der Waals surface area contributed by atoms with Crippen molar-refractivity contribution in [2.75, 3.05) is 13.7 Å². The van der Waals surface area contributed by atoms with Crippen molar-refractivity contribution in [3.8, 4) is 0 Å². The van der Waals surface area contributed by atoms with Gasteiger partial charge in [0.25, 0.3) is 0 Å². The zero-order valence-electron chi connectivity index (χ0n) is 12.5. The molecule has 0 bridgehead atoms. The largest absolute Gasteiger partial charge is 0.465 e. The fourth-order valence-corrected chi connectivity index (χ4v) is 4.15. The van der Waals surface area contributed by atoms with Crippen molar-refractivity contribution in [2.24, 2.45) is 0 Å². The van der Waals surface area contributed by atoms with Gasteiger partial charge in [-0.25, -0.2) is 0 Å². The minimum absolute atomic E-state index is 0.109. The number of benzene rings is 1. The number of esters is 1. The Balaban J connectivity index is 1.89. The molecule has 2 unspecified atom stereocenters. The maximum Gasteiger partial charge on any atom is 0.326 e. The highest BCUT2D eigenvalue weighted by molar-refractivity contribution is 7.99. The van der Waals surface area contributed by atoms with Crippen LogP contribution >= 0.6 is 23.4 Å². The molecule has 2 atom stereocenters. The third-order valence-corrected chi connectivity index (χ3v) is 5.64. The van der Waals surface area contributed by atoms with Crippen molar-refractivity contribution < 1.29 is 9.53 Å². The van der Waals surface area contributed by atoms with E-state index in [0.29, 0.717) is 11.9 Å². The van der Waals surface area contributed by atoms with E-state index in [1.54, 1.807) is 0 Å². The second kappa shape index (κ2) is 7.52. The fourth-order valence-electron chi connectivity index (χ4n) is 2.72. The predicted molar refractivity (Wildman–Crippen MR) is 88.8 cm³/mol. The number of carbonyl (C=O) groups is 1. The second-order valence-corrected chi connectivity index (χ2v) is 7.08. The Labute approximate surface area is 135 Å². The molecule has 1 aliphatic carbocycles. The molecule has 1 aromatic carbocycles. The number of likely N-dealkylation sites (N-methyl/N-ethyl adjacent to an activating group) is 1. The first kappa shape index (κ1) is 16.7. The highest BCUT2D eigenvalue weighted by Crippen LogP contribution is 2.39. The van der Waals surface area contributed by atoms with Gasteiger partial charge in [-0.3, -0.25) is 4.79 Å². The second-order valence-electron chi connectivity index (χ2n) is 5.35. The van der Waals surface area contributed by atoms with Crippen LogP contribution in [0.1, 0.15) is 31.7 Å². The molecular formula is C16H22ClNO2S. The standard InChI is InChI=1S/C16H22ClNO2S/c1-3-20-15(19)16(18-2)9-8-14(10-16)21-11-12-4-6-13(17)7-5-12/h4-7,14,18H,3,8-11H2,1-2H3. The summed E-state index contributed by atoms with van der Waals surface area (Å²) in [6.07, 6.45) is 2.72. The van der Waals surface area contributed by atoms with E-state index in [1.807, 2.05) is 37.9 Å². The highest BCUT2D eigenvalue weighted by atomic mass is 35.5. The highest BCUT2D eigenvalue weighted by Gasteiger charge is 2.45. The zero-order valence-corrected chi connectivity index (χ0v) is 14.1. The van der Waals surface area contributed by atoms with Gasteiger partial charge in [0.15, 0.2) is 0 Å². The van der Waals surface area contributed by atoms with Gasteiger partial charge in [0.05, 0.1) is 6.61 Å². The van der Waals surface area contributed by atoms with Crippen molar-refractivity contribution in [1.82, 2.24) is 5.32 Å². The first-order chi connectivity index (χ1) is 10.1. The number of thioether (sulfide) groups is 1. The van der Waals surface area contributed by atoms with Crippen LogP contribution in [0.15, 0.2) is 24.3 Å². The van der Waals surface area contributed by atoms with Gasteiger partial charge >= 0.3 is 5.97 Å². The predicted octanol–water partition coefficient (Wildman–Crippen LogP) is 3.65. The van der Waals surface area contributed by atoms with Crippen LogP contribution in [0.5, 0.6) is 0 Å². The minimum Gasteiger partial charge on any atom is -0.465 e. The number of ether oxygens (including phenoxy) is 1. The molecule has 1 aromatic rings. The lowest BCUT2D eigenvalue weighted by atomic mass is 9.98. The molecule has 1 N–H and O–H groups in total. The topological polar surface area (TPSA) is 38.3 Å². The first-order valence-electron chi connectivity index (χ1n) is 7.32. The molecule has 21 heavy (non-hydrogen) atoms. The van der Waals surface area contributed by atoms with Crippen LogP contribution < -0.4 is 5.32 Å². The molecule has 116 valence electrons. The number of rotatable bonds is 6. The van der Waals surface area contributed by atoms with E-state index in [2.05, 4.69) is 17.4 Å². The number of hydrogen-bond donors (Lipinski definition) is 1. The van der Waals surface area contributed by atoms with Crippen molar-refractivity contribution >= 4 is 29.3 Å². The fraction of sp³-hybridized carbons (Fsp3) is 0.562. The summed E-state index contributed by atoms with van der Waals surface area (Å²) in [7, 11) is 1.85. The average Bonchev–Trinajstić information content (AvgIpc) is 2.92. The Hall–Kier alpha value is -0.710. The van der Waals surface area contributed by atoms with Gasteiger partial charge < -0.3 is 10.1 Å². The summed E-state index contributed by atoms with van der Waals surface area (Å²) in [5, 5.41) is 4.44. The van der Waals surface area contributed by atoms with E-state index < -0.39 is 5.54 Å². The van der Waals surface area contributed by atoms with E-state index in [-0.39, 0.29) is 5.97 Å². The van der Waals surface area contributed by atoms with E-state index in [9.17, 15) is 4.79 Å². The smallest absolute Gasteiger partial charge is 0.326 e. The summed E-state index contributed by atoms with van der Waals surface area (Å²) in [5.74, 6) is 0.840. The average molecular weight is 328 g/mol. The third-order valence-electron chi connectivity index (χ3n) is 4.01. The number of carbonyl (C=O) groups excluding carboxylic acids is 1. The summed E-state index contributed by atoms with van der Waals surface area (Å²) in [6.45, 7) is 2.29. The van der Waals surface area contributed by atoms with E-state index >= 15 is 0 Å². The molecule has 1 saturated carbocycles. The minimum atomic E-state index is -0.492. The lowest BCUT2D eigenvalue weighted by molar-refractivity contribution is -0.150. The third kappa shape index (κ3) is 4.15. The maximum atomic E-state index is 12.1. The van der Waals surface area contributed by atoms with Gasteiger partial charge in [-0.1, -0.05) is 23.7 Å². The van der Waals surface area contributed by atoms with E-state index in [1.165, 1.54) is 5.56 Å². The number of halogens is 1. The molecule has 0 heterocycles. The normalized spacial score (nSPS) is 25.0. The summed E-state index contributed by atoms with van der Waals surface area (Å²) in [4.78, 5) is 12.1. The van der Waals surface area contributed by atoms with Gasteiger partial charge in [0.1, 0.15) is 5.54 Å². The molecule has 1 aliphatic rings. The molecule has 0 amide bonds. The molecule has 0 spiro atoms. The van der Waals surface area contributed by atoms with Crippen LogP contribution in [0.2, 0.25) is 5.02 Å². The van der Waals surface area contributed by atoms with Crippen LogP contribution in [0.4, 0.5) is 0 Å². The lowest BCUT2D eigenvalue weighted by Crippen LogP contribution is -2.49. The van der Waals surface area contributed by atoms with Crippen LogP contribution in [0.3, 0.4) is 0 Å². The molecule has 1 fully saturated rings. The summed E-state index contributed by atoms with van der Waals surface area (Å²) in [5.41, 5.74) is 0.774. The monoisotopic (exact) mass is 327 g/mol. The summed E-state index contributed by atoms with van der Waals surface area (Å²) in [6, 6.07) is 7.95.